The summed E-state index contributed by atoms with van der Waals surface area (Å²) < 4.78 is 37.4. The Hall–Kier alpha value is -3.58. The average molecular weight is 420 g/mol. The average Bonchev–Trinajstić information content (AvgIpc) is 3.42. The molecule has 0 fully saturated rings. The Morgan fingerprint density at radius 2 is 1.73 bits per heavy atom. The fourth-order valence-electron chi connectivity index (χ4n) is 2.83. The standard InChI is InChI=1S/C23H20N2O4S/c1-17-9-12-20(13-10-17)30(26,27)23-22(24-16-19-8-5-15-28-19)29-21(25-23)14-11-18-6-3-2-4-7-18/h2-15,24H,16H2,1H3. The van der Waals surface area contributed by atoms with Gasteiger partial charge < -0.3 is 14.2 Å². The maximum absolute atomic E-state index is 13.2. The molecule has 0 atom stereocenters. The van der Waals surface area contributed by atoms with E-state index in [1.54, 1.807) is 48.7 Å². The van der Waals surface area contributed by atoms with E-state index in [9.17, 15) is 8.42 Å². The van der Waals surface area contributed by atoms with E-state index in [4.69, 9.17) is 8.83 Å². The van der Waals surface area contributed by atoms with E-state index in [1.807, 2.05) is 43.3 Å². The lowest BCUT2D eigenvalue weighted by Crippen LogP contribution is -2.07. The Kier molecular flexibility index (Phi) is 5.54. The zero-order valence-electron chi connectivity index (χ0n) is 16.3. The van der Waals surface area contributed by atoms with Crippen LogP contribution in [0.2, 0.25) is 0 Å². The highest BCUT2D eigenvalue weighted by Crippen LogP contribution is 2.29. The van der Waals surface area contributed by atoms with Gasteiger partial charge in [-0.05, 0) is 42.8 Å². The minimum Gasteiger partial charge on any atom is -0.467 e. The highest BCUT2D eigenvalue weighted by atomic mass is 32.2. The molecule has 4 aromatic rings. The van der Waals surface area contributed by atoms with Gasteiger partial charge in [-0.15, -0.1) is 0 Å². The van der Waals surface area contributed by atoms with Gasteiger partial charge in [0.2, 0.25) is 26.6 Å². The number of aromatic nitrogens is 1. The number of nitrogens with one attached hydrogen (secondary N) is 1. The SMILES string of the molecule is Cc1ccc(S(=O)(=O)c2nc(C=Cc3ccccc3)oc2NCc2ccco2)cc1. The van der Waals surface area contributed by atoms with E-state index in [1.165, 1.54) is 0 Å². The van der Waals surface area contributed by atoms with Gasteiger partial charge in [0, 0.05) is 6.08 Å². The summed E-state index contributed by atoms with van der Waals surface area (Å²) in [5.74, 6) is 0.901. The number of nitrogens with zero attached hydrogens (tertiary/aromatic N) is 1. The maximum atomic E-state index is 13.2. The Bertz CT molecular complexity index is 1240. The van der Waals surface area contributed by atoms with E-state index >= 15 is 0 Å². The van der Waals surface area contributed by atoms with Gasteiger partial charge >= 0.3 is 0 Å². The topological polar surface area (TPSA) is 85.3 Å². The molecule has 2 heterocycles. The first-order chi connectivity index (χ1) is 14.5. The Morgan fingerprint density at radius 1 is 0.967 bits per heavy atom. The fraction of sp³-hybridized carbons (Fsp3) is 0.0870. The predicted molar refractivity (Wildman–Crippen MR) is 115 cm³/mol. The molecule has 0 aliphatic carbocycles. The second kappa shape index (κ2) is 8.42. The van der Waals surface area contributed by atoms with Gasteiger partial charge in [0.15, 0.2) is 0 Å². The molecule has 30 heavy (non-hydrogen) atoms. The molecule has 0 aliphatic heterocycles. The van der Waals surface area contributed by atoms with E-state index in [0.717, 1.165) is 11.1 Å². The van der Waals surface area contributed by atoms with Crippen molar-refractivity contribution >= 4 is 27.9 Å². The number of anilines is 1. The fourth-order valence-corrected chi connectivity index (χ4v) is 4.11. The van der Waals surface area contributed by atoms with E-state index in [2.05, 4.69) is 10.3 Å². The van der Waals surface area contributed by atoms with Gasteiger partial charge in [0.05, 0.1) is 17.7 Å². The molecule has 2 aromatic carbocycles. The van der Waals surface area contributed by atoms with Crippen molar-refractivity contribution < 1.29 is 17.3 Å². The van der Waals surface area contributed by atoms with Crippen molar-refractivity contribution in [2.45, 2.75) is 23.4 Å². The highest BCUT2D eigenvalue weighted by molar-refractivity contribution is 7.91. The van der Waals surface area contributed by atoms with Crippen molar-refractivity contribution in [3.8, 4) is 0 Å². The second-order valence-corrected chi connectivity index (χ2v) is 8.54. The van der Waals surface area contributed by atoms with Crippen LogP contribution in [-0.4, -0.2) is 13.4 Å². The molecular weight excluding hydrogens is 400 g/mol. The summed E-state index contributed by atoms with van der Waals surface area (Å²) in [6.07, 6.45) is 5.00. The molecule has 0 saturated carbocycles. The number of hydrogen-bond acceptors (Lipinski definition) is 6. The number of furan rings is 1. The minimum absolute atomic E-state index is 0.0692. The molecule has 0 spiro atoms. The van der Waals surface area contributed by atoms with Gasteiger partial charge in [-0.2, -0.15) is 4.98 Å². The second-order valence-electron chi connectivity index (χ2n) is 6.68. The monoisotopic (exact) mass is 420 g/mol. The first-order valence-electron chi connectivity index (χ1n) is 9.34. The van der Waals surface area contributed by atoms with E-state index < -0.39 is 9.84 Å². The minimum atomic E-state index is -3.87. The van der Waals surface area contributed by atoms with Gasteiger partial charge in [0.1, 0.15) is 5.76 Å². The maximum Gasteiger partial charge on any atom is 0.234 e. The van der Waals surface area contributed by atoms with Gasteiger partial charge in [-0.25, -0.2) is 8.42 Å². The molecule has 4 rings (SSSR count). The summed E-state index contributed by atoms with van der Waals surface area (Å²) in [5, 5.41) is 2.82. The third kappa shape index (κ3) is 4.36. The predicted octanol–water partition coefficient (Wildman–Crippen LogP) is 5.19. The lowest BCUT2D eigenvalue weighted by molar-refractivity contribution is 0.508. The van der Waals surface area contributed by atoms with E-state index in [0.29, 0.717) is 5.76 Å². The summed E-state index contributed by atoms with van der Waals surface area (Å²) in [5.41, 5.74) is 1.92. The molecule has 0 aliphatic rings. The van der Waals surface area contributed by atoms with Crippen molar-refractivity contribution in [2.75, 3.05) is 5.32 Å². The van der Waals surface area contributed by atoms with Crippen LogP contribution in [0.25, 0.3) is 12.2 Å². The van der Waals surface area contributed by atoms with Crippen LogP contribution < -0.4 is 5.32 Å². The molecule has 7 heteroatoms. The smallest absolute Gasteiger partial charge is 0.234 e. The molecule has 0 amide bonds. The number of benzene rings is 2. The molecule has 0 radical (unpaired) electrons. The van der Waals surface area contributed by atoms with Crippen LogP contribution in [0, 0.1) is 6.92 Å². The highest BCUT2D eigenvalue weighted by Gasteiger charge is 2.27. The number of sulfone groups is 1. The molecule has 152 valence electrons. The van der Waals surface area contributed by atoms with Crippen LogP contribution in [0.1, 0.15) is 22.8 Å². The number of oxazole rings is 1. The summed E-state index contributed by atoms with van der Waals surface area (Å²) in [6.45, 7) is 2.16. The first kappa shape index (κ1) is 19.7. The zero-order valence-corrected chi connectivity index (χ0v) is 17.1. The molecule has 0 bridgehead atoms. The molecule has 2 aromatic heterocycles. The Morgan fingerprint density at radius 3 is 2.43 bits per heavy atom. The zero-order chi connectivity index (χ0) is 21.0. The van der Waals surface area contributed by atoms with Crippen LogP contribution in [0.5, 0.6) is 0 Å². The molecule has 1 N–H and O–H groups in total. The quantitative estimate of drug-likeness (QED) is 0.443. The van der Waals surface area contributed by atoms with Crippen molar-refractivity contribution in [2.24, 2.45) is 0 Å². The number of aryl methyl sites for hydroxylation is 1. The third-order valence-corrected chi connectivity index (χ3v) is 6.10. The van der Waals surface area contributed by atoms with Crippen molar-refractivity contribution in [1.82, 2.24) is 4.98 Å². The van der Waals surface area contributed by atoms with Gasteiger partial charge in [0.25, 0.3) is 0 Å². The van der Waals surface area contributed by atoms with Crippen molar-refractivity contribution in [3.63, 3.8) is 0 Å². The molecule has 0 saturated heterocycles. The largest absolute Gasteiger partial charge is 0.467 e. The molecular formula is C23H20N2O4S. The summed E-state index contributed by atoms with van der Waals surface area (Å²) >= 11 is 0. The lowest BCUT2D eigenvalue weighted by atomic mass is 10.2. The van der Waals surface area contributed by atoms with E-state index in [-0.39, 0.29) is 28.2 Å². The van der Waals surface area contributed by atoms with Crippen LogP contribution >= 0.6 is 0 Å². The van der Waals surface area contributed by atoms with Crippen LogP contribution in [0.3, 0.4) is 0 Å². The van der Waals surface area contributed by atoms with Crippen molar-refractivity contribution in [3.05, 3.63) is 95.8 Å². The van der Waals surface area contributed by atoms with Gasteiger partial charge in [-0.3, -0.25) is 0 Å². The first-order valence-corrected chi connectivity index (χ1v) is 10.8. The normalized spacial score (nSPS) is 11.8. The summed E-state index contributed by atoms with van der Waals surface area (Å²) in [6, 6.07) is 19.8. The summed E-state index contributed by atoms with van der Waals surface area (Å²) in [7, 11) is -3.87. The molecule has 0 unspecified atom stereocenters. The lowest BCUT2D eigenvalue weighted by Gasteiger charge is -2.05. The number of hydrogen-bond donors (Lipinski definition) is 1. The third-order valence-electron chi connectivity index (χ3n) is 4.42. The van der Waals surface area contributed by atoms with Gasteiger partial charge in [-0.1, -0.05) is 48.0 Å². The number of rotatable bonds is 7. The van der Waals surface area contributed by atoms with Crippen LogP contribution in [-0.2, 0) is 16.4 Å². The van der Waals surface area contributed by atoms with Crippen LogP contribution in [0.15, 0.2) is 91.7 Å². The molecule has 6 nitrogen and oxygen atoms in total. The Labute approximate surface area is 174 Å². The summed E-state index contributed by atoms with van der Waals surface area (Å²) in [4.78, 5) is 4.41. The Balaban J connectivity index is 1.70. The van der Waals surface area contributed by atoms with Crippen LogP contribution in [0.4, 0.5) is 5.88 Å². The van der Waals surface area contributed by atoms with Crippen molar-refractivity contribution in [1.29, 1.82) is 0 Å².